The number of rotatable bonds is 0. The van der Waals surface area contributed by atoms with Gasteiger partial charge in [0.25, 0.3) is 0 Å². The standard InChI is InChI=1S/C11H11ClO/c1-7-4-2-3-5-8-9(7)6-10(13)11(8)12/h3,5H,2,4,6H2,1H3. The normalized spacial score (nSPS) is 22.5. The Morgan fingerprint density at radius 1 is 1.46 bits per heavy atom. The van der Waals surface area contributed by atoms with Crippen LogP contribution in [0.25, 0.3) is 0 Å². The molecule has 1 nitrogen and oxygen atoms in total. The first kappa shape index (κ1) is 8.76. The molecule has 2 rings (SSSR count). The molecular formula is C11H11ClO. The Balaban J connectivity index is 2.57. The van der Waals surface area contributed by atoms with Gasteiger partial charge in [0.05, 0.1) is 5.03 Å². The first-order chi connectivity index (χ1) is 6.20. The van der Waals surface area contributed by atoms with Gasteiger partial charge in [0, 0.05) is 6.42 Å². The topological polar surface area (TPSA) is 17.1 Å². The third-order valence-corrected chi connectivity index (χ3v) is 3.04. The van der Waals surface area contributed by atoms with E-state index < -0.39 is 0 Å². The van der Waals surface area contributed by atoms with E-state index >= 15 is 0 Å². The molecule has 0 radical (unpaired) electrons. The first-order valence-corrected chi connectivity index (χ1v) is 4.86. The smallest absolute Gasteiger partial charge is 0.179 e. The Bertz CT molecular complexity index is 358. The fourth-order valence-electron chi connectivity index (χ4n) is 1.82. The van der Waals surface area contributed by atoms with Crippen LogP contribution >= 0.6 is 11.6 Å². The highest BCUT2D eigenvalue weighted by atomic mass is 35.5. The van der Waals surface area contributed by atoms with Crippen molar-refractivity contribution < 1.29 is 4.79 Å². The van der Waals surface area contributed by atoms with E-state index in [9.17, 15) is 4.79 Å². The van der Waals surface area contributed by atoms with E-state index in [0.29, 0.717) is 11.5 Å². The molecule has 0 atom stereocenters. The molecule has 0 aromatic heterocycles. The molecule has 0 aromatic carbocycles. The molecule has 0 bridgehead atoms. The summed E-state index contributed by atoms with van der Waals surface area (Å²) in [6.45, 7) is 2.09. The minimum absolute atomic E-state index is 0.0672. The van der Waals surface area contributed by atoms with Gasteiger partial charge in [0.1, 0.15) is 0 Å². The molecule has 2 aliphatic carbocycles. The quantitative estimate of drug-likeness (QED) is 0.579. The highest BCUT2D eigenvalue weighted by molar-refractivity contribution is 6.44. The summed E-state index contributed by atoms with van der Waals surface area (Å²) in [4.78, 5) is 11.3. The lowest BCUT2D eigenvalue weighted by atomic mass is 10.0. The molecule has 2 heteroatoms. The van der Waals surface area contributed by atoms with Crippen LogP contribution in [0.2, 0.25) is 0 Å². The second kappa shape index (κ2) is 3.15. The Kier molecular flexibility index (Phi) is 2.12. The van der Waals surface area contributed by atoms with E-state index in [1.165, 1.54) is 5.57 Å². The zero-order valence-corrected chi connectivity index (χ0v) is 8.32. The van der Waals surface area contributed by atoms with E-state index in [1.807, 2.05) is 6.08 Å². The molecule has 0 aromatic rings. The Morgan fingerprint density at radius 2 is 2.23 bits per heavy atom. The zero-order chi connectivity index (χ0) is 9.42. The third-order valence-electron chi connectivity index (χ3n) is 2.63. The molecule has 0 fully saturated rings. The molecule has 0 amide bonds. The molecule has 0 spiro atoms. The van der Waals surface area contributed by atoms with E-state index in [0.717, 1.165) is 24.0 Å². The molecular weight excluding hydrogens is 184 g/mol. The van der Waals surface area contributed by atoms with E-state index in [4.69, 9.17) is 11.6 Å². The lowest BCUT2D eigenvalue weighted by Gasteiger charge is -2.02. The van der Waals surface area contributed by atoms with Crippen LogP contribution < -0.4 is 0 Å². The summed E-state index contributed by atoms with van der Waals surface area (Å²) in [5.74, 6) is 0.0672. The lowest BCUT2D eigenvalue weighted by Crippen LogP contribution is -1.90. The molecule has 0 saturated carbocycles. The molecule has 0 saturated heterocycles. The molecule has 68 valence electrons. The summed E-state index contributed by atoms with van der Waals surface area (Å²) in [6, 6.07) is 0. The van der Waals surface area contributed by atoms with Crippen LogP contribution in [-0.2, 0) is 4.79 Å². The van der Waals surface area contributed by atoms with Gasteiger partial charge in [-0.25, -0.2) is 0 Å². The van der Waals surface area contributed by atoms with E-state index in [1.54, 1.807) is 0 Å². The Labute approximate surface area is 82.8 Å². The van der Waals surface area contributed by atoms with Crippen molar-refractivity contribution in [3.05, 3.63) is 33.9 Å². The van der Waals surface area contributed by atoms with Crippen molar-refractivity contribution in [2.75, 3.05) is 0 Å². The van der Waals surface area contributed by atoms with Crippen LogP contribution in [0.5, 0.6) is 0 Å². The number of carbonyl (C=O) groups is 1. The average molecular weight is 195 g/mol. The van der Waals surface area contributed by atoms with Gasteiger partial charge in [-0.05, 0) is 30.9 Å². The second-order valence-corrected chi connectivity index (χ2v) is 3.91. The van der Waals surface area contributed by atoms with Crippen molar-refractivity contribution in [2.24, 2.45) is 0 Å². The number of ketones is 1. The van der Waals surface area contributed by atoms with E-state index in [-0.39, 0.29) is 5.78 Å². The van der Waals surface area contributed by atoms with E-state index in [2.05, 4.69) is 13.0 Å². The number of allylic oxidation sites excluding steroid dienone is 6. The fraction of sp³-hybridized carbons (Fsp3) is 0.364. The van der Waals surface area contributed by atoms with Gasteiger partial charge in [-0.15, -0.1) is 0 Å². The maximum absolute atomic E-state index is 11.3. The monoisotopic (exact) mass is 194 g/mol. The van der Waals surface area contributed by atoms with Crippen LogP contribution in [0.3, 0.4) is 0 Å². The predicted molar refractivity (Wildman–Crippen MR) is 53.6 cm³/mol. The zero-order valence-electron chi connectivity index (χ0n) is 7.56. The van der Waals surface area contributed by atoms with Crippen LogP contribution in [0.15, 0.2) is 33.9 Å². The molecule has 0 heterocycles. The highest BCUT2D eigenvalue weighted by Crippen LogP contribution is 2.36. The van der Waals surface area contributed by atoms with Crippen molar-refractivity contribution in [2.45, 2.75) is 26.2 Å². The number of hydrogen-bond donors (Lipinski definition) is 0. The van der Waals surface area contributed by atoms with Gasteiger partial charge < -0.3 is 0 Å². The predicted octanol–water partition coefficient (Wildman–Crippen LogP) is 3.12. The van der Waals surface area contributed by atoms with Gasteiger partial charge in [-0.1, -0.05) is 29.3 Å². The number of Topliss-reactive ketones (excluding diaryl/α,β-unsaturated/α-hetero) is 1. The van der Waals surface area contributed by atoms with Crippen LogP contribution in [0.1, 0.15) is 26.2 Å². The Morgan fingerprint density at radius 3 is 3.00 bits per heavy atom. The summed E-state index contributed by atoms with van der Waals surface area (Å²) in [7, 11) is 0. The largest absolute Gasteiger partial charge is 0.293 e. The van der Waals surface area contributed by atoms with Gasteiger partial charge >= 0.3 is 0 Å². The molecule has 13 heavy (non-hydrogen) atoms. The minimum Gasteiger partial charge on any atom is -0.293 e. The third kappa shape index (κ3) is 1.37. The number of halogens is 1. The summed E-state index contributed by atoms with van der Waals surface area (Å²) in [5.41, 5.74) is 3.43. The van der Waals surface area contributed by atoms with Crippen molar-refractivity contribution in [1.29, 1.82) is 0 Å². The second-order valence-electron chi connectivity index (χ2n) is 3.53. The number of fused-ring (bicyclic) bond motifs is 1. The van der Waals surface area contributed by atoms with Gasteiger partial charge in [-0.2, -0.15) is 0 Å². The van der Waals surface area contributed by atoms with Gasteiger partial charge in [-0.3, -0.25) is 4.79 Å². The molecule has 0 unspecified atom stereocenters. The van der Waals surface area contributed by atoms with Crippen molar-refractivity contribution in [1.82, 2.24) is 0 Å². The highest BCUT2D eigenvalue weighted by Gasteiger charge is 2.26. The van der Waals surface area contributed by atoms with Gasteiger partial charge in [0.15, 0.2) is 5.78 Å². The summed E-state index contributed by atoms with van der Waals surface area (Å²) in [5, 5.41) is 0.424. The van der Waals surface area contributed by atoms with Crippen molar-refractivity contribution in [3.8, 4) is 0 Å². The van der Waals surface area contributed by atoms with Crippen molar-refractivity contribution >= 4 is 17.4 Å². The summed E-state index contributed by atoms with van der Waals surface area (Å²) >= 11 is 5.92. The number of carbonyl (C=O) groups excluding carboxylic acids is 1. The minimum atomic E-state index is 0.0672. The molecule has 2 aliphatic rings. The molecule has 0 N–H and O–H groups in total. The van der Waals surface area contributed by atoms with Crippen molar-refractivity contribution in [3.63, 3.8) is 0 Å². The average Bonchev–Trinajstić information content (AvgIpc) is 2.30. The molecule has 0 aliphatic heterocycles. The summed E-state index contributed by atoms with van der Waals surface area (Å²) in [6.07, 6.45) is 6.68. The Hall–Kier alpha value is -0.820. The van der Waals surface area contributed by atoms with Crippen LogP contribution in [0, 0.1) is 0 Å². The van der Waals surface area contributed by atoms with Crippen LogP contribution in [0.4, 0.5) is 0 Å². The number of hydrogen-bond acceptors (Lipinski definition) is 1. The lowest BCUT2D eigenvalue weighted by molar-refractivity contribution is -0.113. The summed E-state index contributed by atoms with van der Waals surface area (Å²) < 4.78 is 0. The van der Waals surface area contributed by atoms with Gasteiger partial charge in [0.2, 0.25) is 0 Å². The first-order valence-electron chi connectivity index (χ1n) is 4.48. The SMILES string of the molecule is CC1=C2CC(=O)C(Cl)=C2C=CCC1. The fourth-order valence-corrected chi connectivity index (χ4v) is 2.07. The maximum atomic E-state index is 11.3. The maximum Gasteiger partial charge on any atom is 0.179 e. The van der Waals surface area contributed by atoms with Crippen LogP contribution in [-0.4, -0.2) is 5.78 Å².